The molecule has 4 aliphatic rings. The molecule has 0 unspecified atom stereocenters. The second-order valence-electron chi connectivity index (χ2n) is 9.37. The second-order valence-corrected chi connectivity index (χ2v) is 9.37. The van der Waals surface area contributed by atoms with E-state index in [1.54, 1.807) is 20.5 Å². The van der Waals surface area contributed by atoms with Crippen LogP contribution in [0.15, 0.2) is 30.0 Å². The van der Waals surface area contributed by atoms with Gasteiger partial charge in [0.05, 0.1) is 45.3 Å². The Hall–Kier alpha value is -2.29. The molecule has 0 amide bonds. The van der Waals surface area contributed by atoms with E-state index in [2.05, 4.69) is 23.2 Å². The molecular weight excluding hydrogens is 424 g/mol. The highest BCUT2D eigenvalue weighted by Crippen LogP contribution is 2.61. The fourth-order valence-corrected chi connectivity index (χ4v) is 6.78. The number of nitrogens with zero attached hydrogens (tertiary/aromatic N) is 1. The van der Waals surface area contributed by atoms with Crippen LogP contribution in [0.2, 0.25) is 0 Å². The highest BCUT2D eigenvalue weighted by atomic mass is 16.6. The number of piperidine rings is 2. The van der Waals surface area contributed by atoms with Gasteiger partial charge in [0.2, 0.25) is 0 Å². The smallest absolute Gasteiger partial charge is 0.293 e. The van der Waals surface area contributed by atoms with Crippen molar-refractivity contribution in [1.29, 1.82) is 0 Å². The second kappa shape index (κ2) is 8.81. The third kappa shape index (κ3) is 3.26. The van der Waals surface area contributed by atoms with Crippen LogP contribution in [0.25, 0.3) is 0 Å². The molecule has 0 aliphatic carbocycles. The highest BCUT2D eigenvalue weighted by Gasteiger charge is 2.70. The number of anilines is 1. The van der Waals surface area contributed by atoms with Gasteiger partial charge in [0.1, 0.15) is 18.0 Å². The summed E-state index contributed by atoms with van der Waals surface area (Å²) in [5, 5.41) is 3.78. The number of carbonyl (C=O) groups is 1. The Morgan fingerprint density at radius 2 is 2.15 bits per heavy atom. The Morgan fingerprint density at radius 3 is 2.91 bits per heavy atom. The minimum absolute atomic E-state index is 0.0768. The number of ether oxygens (including phenoxy) is 5. The number of fused-ring (bicyclic) bond motifs is 2. The maximum atomic E-state index is 10.9. The summed E-state index contributed by atoms with van der Waals surface area (Å²) in [4.78, 5) is 13.5. The van der Waals surface area contributed by atoms with Crippen molar-refractivity contribution < 1.29 is 28.5 Å². The molecule has 8 nitrogen and oxygen atoms in total. The van der Waals surface area contributed by atoms with E-state index in [9.17, 15) is 4.79 Å². The van der Waals surface area contributed by atoms with Crippen LogP contribution in [0.5, 0.6) is 5.75 Å². The van der Waals surface area contributed by atoms with Crippen LogP contribution in [0.1, 0.15) is 31.7 Å². The number of rotatable bonds is 7. The van der Waals surface area contributed by atoms with Crippen molar-refractivity contribution in [3.05, 3.63) is 35.6 Å². The fraction of sp³-hybridized carbons (Fsp3) is 0.640. The monoisotopic (exact) mass is 458 g/mol. The Morgan fingerprint density at radius 1 is 1.30 bits per heavy atom. The first-order valence-electron chi connectivity index (χ1n) is 11.9. The Bertz CT molecular complexity index is 922. The number of carbonyl (C=O) groups excluding carboxylic acids is 1. The molecule has 5 rings (SSSR count). The summed E-state index contributed by atoms with van der Waals surface area (Å²) in [5.41, 5.74) is 1.78. The molecule has 4 aliphatic heterocycles. The van der Waals surface area contributed by atoms with Crippen LogP contribution in [0.4, 0.5) is 5.69 Å². The molecule has 0 bridgehead atoms. The average molecular weight is 459 g/mol. The summed E-state index contributed by atoms with van der Waals surface area (Å²) in [6, 6.07) is 6.17. The summed E-state index contributed by atoms with van der Waals surface area (Å²) in [6.07, 6.45) is 4.47. The molecule has 0 saturated carbocycles. The standard InChI is InChI=1S/C25H34N2O6/c1-4-17-13-27-9-8-24-23-20(6-5-7-21(23)30-3)26-25(24,33-11-10-32-24)22(27)12-19(17)18(14-29-2)15-31-16-28/h5-7,14,16-17,19,22,26H,4,8-13,15H2,1-3H3/b18-14-/t17-,19+,22+,24+,25+/m1/s1. The Labute approximate surface area is 195 Å². The van der Waals surface area contributed by atoms with Gasteiger partial charge in [0, 0.05) is 24.4 Å². The van der Waals surface area contributed by atoms with E-state index in [0.717, 1.165) is 54.9 Å². The van der Waals surface area contributed by atoms with E-state index >= 15 is 0 Å². The number of hydrogen-bond donors (Lipinski definition) is 1. The van der Waals surface area contributed by atoms with E-state index in [1.807, 2.05) is 12.1 Å². The third-order valence-electron chi connectivity index (χ3n) is 8.10. The molecule has 33 heavy (non-hydrogen) atoms. The Kier molecular flexibility index (Phi) is 6.01. The largest absolute Gasteiger partial charge is 0.504 e. The molecule has 0 radical (unpaired) electrons. The van der Waals surface area contributed by atoms with E-state index < -0.39 is 11.3 Å². The van der Waals surface area contributed by atoms with Crippen molar-refractivity contribution in [1.82, 2.24) is 4.90 Å². The van der Waals surface area contributed by atoms with Crippen LogP contribution < -0.4 is 10.1 Å². The maximum absolute atomic E-state index is 10.9. The minimum Gasteiger partial charge on any atom is -0.504 e. The first kappa shape index (κ1) is 22.5. The van der Waals surface area contributed by atoms with Crippen LogP contribution in [-0.2, 0) is 29.3 Å². The lowest BCUT2D eigenvalue weighted by atomic mass is 9.67. The summed E-state index contributed by atoms with van der Waals surface area (Å²) in [5.74, 6) is 1.47. The van der Waals surface area contributed by atoms with Crippen LogP contribution in [0, 0.1) is 11.8 Å². The molecule has 5 atom stereocenters. The van der Waals surface area contributed by atoms with Crippen LogP contribution in [0.3, 0.4) is 0 Å². The summed E-state index contributed by atoms with van der Waals surface area (Å²) in [6.45, 7) is 5.93. The zero-order valence-electron chi connectivity index (χ0n) is 19.7. The lowest BCUT2D eigenvalue weighted by Gasteiger charge is -2.61. The number of nitrogens with one attached hydrogen (secondary N) is 1. The molecule has 0 spiro atoms. The molecule has 8 heteroatoms. The van der Waals surface area contributed by atoms with Crippen molar-refractivity contribution in [2.24, 2.45) is 11.8 Å². The fourth-order valence-electron chi connectivity index (χ4n) is 6.78. The summed E-state index contributed by atoms with van der Waals surface area (Å²) >= 11 is 0. The minimum atomic E-state index is -0.707. The molecule has 180 valence electrons. The molecule has 1 aromatic rings. The highest BCUT2D eigenvalue weighted by molar-refractivity contribution is 5.69. The van der Waals surface area contributed by atoms with E-state index in [4.69, 9.17) is 23.7 Å². The van der Waals surface area contributed by atoms with E-state index in [0.29, 0.717) is 25.6 Å². The van der Waals surface area contributed by atoms with Gasteiger partial charge in [-0.05, 0) is 36.8 Å². The van der Waals surface area contributed by atoms with Crippen molar-refractivity contribution >= 4 is 12.2 Å². The van der Waals surface area contributed by atoms with Gasteiger partial charge >= 0.3 is 0 Å². The third-order valence-corrected chi connectivity index (χ3v) is 8.10. The lowest BCUT2D eigenvalue weighted by Crippen LogP contribution is -2.75. The van der Waals surface area contributed by atoms with E-state index in [1.165, 1.54) is 0 Å². The molecule has 1 aromatic carbocycles. The van der Waals surface area contributed by atoms with Gasteiger partial charge in [-0.1, -0.05) is 19.4 Å². The normalized spacial score (nSPS) is 35.4. The Balaban J connectivity index is 1.57. The van der Waals surface area contributed by atoms with E-state index in [-0.39, 0.29) is 18.6 Å². The van der Waals surface area contributed by atoms with Gasteiger partial charge < -0.3 is 29.0 Å². The molecular formula is C25H34N2O6. The molecule has 1 N–H and O–H groups in total. The molecule has 3 saturated heterocycles. The van der Waals surface area contributed by atoms with Gasteiger partial charge in [-0.2, -0.15) is 0 Å². The van der Waals surface area contributed by atoms with Gasteiger partial charge in [0.15, 0.2) is 5.72 Å². The van der Waals surface area contributed by atoms with Crippen molar-refractivity contribution in [2.75, 3.05) is 52.4 Å². The topological polar surface area (TPSA) is 78.5 Å². The van der Waals surface area contributed by atoms with Gasteiger partial charge in [-0.25, -0.2) is 0 Å². The summed E-state index contributed by atoms with van der Waals surface area (Å²) in [7, 11) is 3.35. The van der Waals surface area contributed by atoms with Crippen molar-refractivity contribution in [3.63, 3.8) is 0 Å². The SMILES string of the molecule is CC[C@@H]1CN2CC[C@@]34OCCO[C@@]3(Nc3cccc(OC)c34)[C@@H]2C[C@@H]1/C(=C\OC)COC=O. The molecule has 4 heterocycles. The molecule has 3 fully saturated rings. The number of hydrogen-bond acceptors (Lipinski definition) is 8. The zero-order valence-corrected chi connectivity index (χ0v) is 19.7. The van der Waals surface area contributed by atoms with Crippen molar-refractivity contribution in [3.8, 4) is 5.75 Å². The predicted octanol–water partition coefficient (Wildman–Crippen LogP) is 2.88. The first-order valence-corrected chi connectivity index (χ1v) is 11.9. The van der Waals surface area contributed by atoms with Gasteiger partial charge in [0.25, 0.3) is 6.47 Å². The van der Waals surface area contributed by atoms with Gasteiger partial charge in [-0.3, -0.25) is 9.69 Å². The maximum Gasteiger partial charge on any atom is 0.293 e. The first-order chi connectivity index (χ1) is 16.1. The quantitative estimate of drug-likeness (QED) is 0.494. The average Bonchev–Trinajstić information content (AvgIpc) is 3.17. The van der Waals surface area contributed by atoms with Gasteiger partial charge in [-0.15, -0.1) is 0 Å². The number of methoxy groups -OCH3 is 2. The van der Waals surface area contributed by atoms with Crippen LogP contribution >= 0.6 is 0 Å². The predicted molar refractivity (Wildman–Crippen MR) is 122 cm³/mol. The zero-order chi connectivity index (χ0) is 23.1. The lowest BCUT2D eigenvalue weighted by molar-refractivity contribution is -0.297. The molecule has 0 aromatic heterocycles. The number of benzene rings is 1. The van der Waals surface area contributed by atoms with Crippen LogP contribution in [-0.4, -0.2) is 70.3 Å². The summed E-state index contributed by atoms with van der Waals surface area (Å²) < 4.78 is 29.7. The van der Waals surface area contributed by atoms with Crippen molar-refractivity contribution in [2.45, 2.75) is 43.6 Å².